The van der Waals surface area contributed by atoms with Gasteiger partial charge in [-0.2, -0.15) is 0 Å². The lowest BCUT2D eigenvalue weighted by Crippen LogP contribution is -2.40. The summed E-state index contributed by atoms with van der Waals surface area (Å²) in [4.78, 5) is 29.3. The number of aromatic nitrogens is 1. The van der Waals surface area contributed by atoms with E-state index in [9.17, 15) is 9.59 Å². The zero-order valence-corrected chi connectivity index (χ0v) is 12.3. The standard InChI is InChI=1S/C14H15N3O3S/c1-8-9(12(18)19)6-7-17(8)14(20)16-13-15-10-4-2-3-5-11(10)21-13/h2-5,8-9H,6-7H2,1H3,(H,18,19)(H,15,16,20). The van der Waals surface area contributed by atoms with Gasteiger partial charge in [-0.25, -0.2) is 9.78 Å². The number of nitrogens with one attached hydrogen (secondary N) is 1. The molecule has 0 radical (unpaired) electrons. The van der Waals surface area contributed by atoms with Crippen LogP contribution in [0.15, 0.2) is 24.3 Å². The maximum absolute atomic E-state index is 12.3. The number of carboxylic acids is 1. The monoisotopic (exact) mass is 305 g/mol. The normalized spacial score (nSPS) is 21.7. The van der Waals surface area contributed by atoms with Crippen molar-refractivity contribution in [2.45, 2.75) is 19.4 Å². The first-order valence-corrected chi connectivity index (χ1v) is 7.54. The van der Waals surface area contributed by atoms with Crippen molar-refractivity contribution in [3.05, 3.63) is 24.3 Å². The number of para-hydroxylation sites is 1. The molecule has 1 fully saturated rings. The van der Waals surface area contributed by atoms with Gasteiger partial charge in [-0.3, -0.25) is 10.1 Å². The average Bonchev–Trinajstić information content (AvgIpc) is 3.01. The third kappa shape index (κ3) is 2.56. The van der Waals surface area contributed by atoms with Crippen molar-refractivity contribution in [2.75, 3.05) is 11.9 Å². The molecule has 1 aliphatic rings. The molecule has 7 heteroatoms. The predicted molar refractivity (Wildman–Crippen MR) is 80.5 cm³/mol. The molecule has 1 aromatic carbocycles. The van der Waals surface area contributed by atoms with E-state index in [-0.39, 0.29) is 12.1 Å². The van der Waals surface area contributed by atoms with Crippen LogP contribution in [0.3, 0.4) is 0 Å². The van der Waals surface area contributed by atoms with Crippen LogP contribution < -0.4 is 5.32 Å². The molecule has 21 heavy (non-hydrogen) atoms. The van der Waals surface area contributed by atoms with Crippen LogP contribution in [0.25, 0.3) is 10.2 Å². The van der Waals surface area contributed by atoms with E-state index in [1.165, 1.54) is 11.3 Å². The number of hydrogen-bond acceptors (Lipinski definition) is 4. The Labute approximate surface area is 125 Å². The van der Waals surface area contributed by atoms with Crippen molar-refractivity contribution >= 4 is 38.7 Å². The summed E-state index contributed by atoms with van der Waals surface area (Å²) in [5.41, 5.74) is 0.843. The summed E-state index contributed by atoms with van der Waals surface area (Å²) in [6.07, 6.45) is 0.490. The number of carbonyl (C=O) groups excluding carboxylic acids is 1. The van der Waals surface area contributed by atoms with Crippen molar-refractivity contribution in [1.29, 1.82) is 0 Å². The number of nitrogens with zero attached hydrogens (tertiary/aromatic N) is 2. The van der Waals surface area contributed by atoms with Crippen molar-refractivity contribution in [1.82, 2.24) is 9.88 Å². The number of amides is 2. The highest BCUT2D eigenvalue weighted by molar-refractivity contribution is 7.22. The fourth-order valence-corrected chi connectivity index (χ4v) is 3.50. The van der Waals surface area contributed by atoms with E-state index in [2.05, 4.69) is 10.3 Å². The van der Waals surface area contributed by atoms with E-state index in [1.807, 2.05) is 24.3 Å². The number of carbonyl (C=O) groups is 2. The zero-order chi connectivity index (χ0) is 15.0. The molecule has 110 valence electrons. The molecular weight excluding hydrogens is 290 g/mol. The second-order valence-electron chi connectivity index (χ2n) is 5.08. The topological polar surface area (TPSA) is 82.5 Å². The van der Waals surface area contributed by atoms with Gasteiger partial charge >= 0.3 is 12.0 Å². The number of aliphatic carboxylic acids is 1. The van der Waals surface area contributed by atoms with Crippen molar-refractivity contribution in [3.63, 3.8) is 0 Å². The largest absolute Gasteiger partial charge is 0.481 e. The van der Waals surface area contributed by atoms with Crippen LogP contribution in [-0.2, 0) is 4.79 Å². The lowest BCUT2D eigenvalue weighted by Gasteiger charge is -2.22. The van der Waals surface area contributed by atoms with E-state index in [4.69, 9.17) is 5.11 Å². The van der Waals surface area contributed by atoms with Crippen molar-refractivity contribution in [3.8, 4) is 0 Å². The quantitative estimate of drug-likeness (QED) is 0.893. The molecule has 0 saturated carbocycles. The van der Waals surface area contributed by atoms with E-state index in [0.29, 0.717) is 18.1 Å². The molecule has 2 unspecified atom stereocenters. The molecule has 6 nitrogen and oxygen atoms in total. The molecule has 0 aliphatic carbocycles. The Hall–Kier alpha value is -2.15. The molecule has 3 rings (SSSR count). The summed E-state index contributed by atoms with van der Waals surface area (Å²) < 4.78 is 1.01. The Morgan fingerprint density at radius 3 is 2.86 bits per heavy atom. The Balaban J connectivity index is 1.73. The molecule has 1 aromatic heterocycles. The number of hydrogen-bond donors (Lipinski definition) is 2. The van der Waals surface area contributed by atoms with Crippen LogP contribution in [0, 0.1) is 5.92 Å². The highest BCUT2D eigenvalue weighted by atomic mass is 32.1. The summed E-state index contributed by atoms with van der Waals surface area (Å²) in [5, 5.41) is 12.4. The van der Waals surface area contributed by atoms with Gasteiger partial charge in [-0.05, 0) is 25.5 Å². The number of anilines is 1. The van der Waals surface area contributed by atoms with Gasteiger partial charge in [0, 0.05) is 12.6 Å². The Bertz CT molecular complexity index is 667. The Morgan fingerprint density at radius 1 is 1.43 bits per heavy atom. The fourth-order valence-electron chi connectivity index (χ4n) is 2.65. The second-order valence-corrected chi connectivity index (χ2v) is 6.11. The number of carboxylic acid groups (broad SMARTS) is 1. The van der Waals surface area contributed by atoms with Crippen LogP contribution in [0.4, 0.5) is 9.93 Å². The van der Waals surface area contributed by atoms with Gasteiger partial charge in [-0.15, -0.1) is 0 Å². The molecule has 2 heterocycles. The predicted octanol–water partition coefficient (Wildman–Crippen LogP) is 2.62. The van der Waals surface area contributed by atoms with E-state index < -0.39 is 11.9 Å². The first-order valence-electron chi connectivity index (χ1n) is 6.72. The zero-order valence-electron chi connectivity index (χ0n) is 11.4. The van der Waals surface area contributed by atoms with Gasteiger partial charge < -0.3 is 10.0 Å². The summed E-state index contributed by atoms with van der Waals surface area (Å²) in [6, 6.07) is 7.06. The molecular formula is C14H15N3O3S. The van der Waals surface area contributed by atoms with E-state index in [0.717, 1.165) is 10.2 Å². The minimum absolute atomic E-state index is 0.287. The smallest absolute Gasteiger partial charge is 0.323 e. The third-order valence-corrected chi connectivity index (χ3v) is 4.79. The minimum Gasteiger partial charge on any atom is -0.481 e. The second kappa shape index (κ2) is 5.33. The van der Waals surface area contributed by atoms with Gasteiger partial charge in [0.25, 0.3) is 0 Å². The number of urea groups is 1. The highest BCUT2D eigenvalue weighted by Gasteiger charge is 2.38. The highest BCUT2D eigenvalue weighted by Crippen LogP contribution is 2.28. The van der Waals surface area contributed by atoms with Gasteiger partial charge in [0.1, 0.15) is 0 Å². The van der Waals surface area contributed by atoms with Crippen LogP contribution >= 0.6 is 11.3 Å². The van der Waals surface area contributed by atoms with Gasteiger partial charge in [0.15, 0.2) is 5.13 Å². The van der Waals surface area contributed by atoms with Crippen molar-refractivity contribution < 1.29 is 14.7 Å². The fraction of sp³-hybridized carbons (Fsp3) is 0.357. The molecule has 2 aromatic rings. The maximum Gasteiger partial charge on any atom is 0.323 e. The summed E-state index contributed by atoms with van der Waals surface area (Å²) in [5.74, 6) is -1.34. The molecule has 2 amide bonds. The minimum atomic E-state index is -0.849. The number of thiazole rings is 1. The van der Waals surface area contributed by atoms with Crippen LogP contribution in [-0.4, -0.2) is 39.6 Å². The SMILES string of the molecule is CC1C(C(=O)O)CCN1C(=O)Nc1nc2ccccc2s1. The molecule has 0 bridgehead atoms. The third-order valence-electron chi connectivity index (χ3n) is 3.84. The summed E-state index contributed by atoms with van der Waals surface area (Å²) in [7, 11) is 0. The lowest BCUT2D eigenvalue weighted by atomic mass is 10.0. The van der Waals surface area contributed by atoms with Crippen LogP contribution in [0.1, 0.15) is 13.3 Å². The van der Waals surface area contributed by atoms with Gasteiger partial charge in [0.2, 0.25) is 0 Å². The molecule has 2 N–H and O–H groups in total. The van der Waals surface area contributed by atoms with Crippen LogP contribution in [0.5, 0.6) is 0 Å². The number of fused-ring (bicyclic) bond motifs is 1. The number of rotatable bonds is 2. The first kappa shape index (κ1) is 13.8. The summed E-state index contributed by atoms with van der Waals surface area (Å²) in [6.45, 7) is 2.22. The first-order chi connectivity index (χ1) is 10.1. The molecule has 0 spiro atoms. The van der Waals surface area contributed by atoms with Gasteiger partial charge in [0.05, 0.1) is 16.1 Å². The maximum atomic E-state index is 12.3. The Morgan fingerprint density at radius 2 is 2.19 bits per heavy atom. The van der Waals surface area contributed by atoms with Crippen LogP contribution in [0.2, 0.25) is 0 Å². The van der Waals surface area contributed by atoms with Gasteiger partial charge in [-0.1, -0.05) is 23.5 Å². The van der Waals surface area contributed by atoms with E-state index in [1.54, 1.807) is 11.8 Å². The molecule has 1 aliphatic heterocycles. The lowest BCUT2D eigenvalue weighted by molar-refractivity contribution is -0.142. The molecule has 2 atom stereocenters. The average molecular weight is 305 g/mol. The number of benzene rings is 1. The Kier molecular flexibility index (Phi) is 3.50. The number of likely N-dealkylation sites (tertiary alicyclic amines) is 1. The van der Waals surface area contributed by atoms with Crippen molar-refractivity contribution in [2.24, 2.45) is 5.92 Å². The molecule has 1 saturated heterocycles. The summed E-state index contributed by atoms with van der Waals surface area (Å²) >= 11 is 1.41. The van der Waals surface area contributed by atoms with E-state index >= 15 is 0 Å².